The van der Waals surface area contributed by atoms with Crippen molar-refractivity contribution in [1.29, 1.82) is 0 Å². The Morgan fingerprint density at radius 2 is 1.59 bits per heavy atom. The maximum absolute atomic E-state index is 12.5. The van der Waals surface area contributed by atoms with Gasteiger partial charge in [-0.05, 0) is 51.0 Å². The molecule has 0 aromatic heterocycles. The number of carbonyl (C=O) groups is 2. The second-order valence-electron chi connectivity index (χ2n) is 6.38. The van der Waals surface area contributed by atoms with E-state index in [-0.39, 0.29) is 5.56 Å². The van der Waals surface area contributed by atoms with E-state index in [1.54, 1.807) is 18.2 Å². The Hall–Kier alpha value is -3.02. The average Bonchev–Trinajstić information content (AvgIpc) is 2.63. The Bertz CT molecular complexity index is 837. The fourth-order valence-electron chi connectivity index (χ4n) is 2.85. The Morgan fingerprint density at radius 1 is 0.963 bits per heavy atom. The average molecular weight is 371 g/mol. The van der Waals surface area contributed by atoms with E-state index in [0.29, 0.717) is 11.5 Å². The zero-order valence-electron chi connectivity index (χ0n) is 16.5. The van der Waals surface area contributed by atoms with Crippen molar-refractivity contribution in [3.63, 3.8) is 0 Å². The van der Waals surface area contributed by atoms with Crippen LogP contribution in [-0.2, 0) is 9.53 Å². The lowest BCUT2D eigenvalue weighted by Crippen LogP contribution is -2.30. The van der Waals surface area contributed by atoms with Gasteiger partial charge in [0.25, 0.3) is 5.91 Å². The van der Waals surface area contributed by atoms with Gasteiger partial charge in [-0.2, -0.15) is 0 Å². The van der Waals surface area contributed by atoms with Gasteiger partial charge in [0.15, 0.2) is 6.10 Å². The van der Waals surface area contributed by atoms with Crippen molar-refractivity contribution in [3.05, 3.63) is 52.6 Å². The Morgan fingerprint density at radius 3 is 2.15 bits per heavy atom. The second-order valence-corrected chi connectivity index (χ2v) is 6.38. The van der Waals surface area contributed by atoms with Crippen LogP contribution in [0.5, 0.6) is 11.5 Å². The summed E-state index contributed by atoms with van der Waals surface area (Å²) >= 11 is 0. The van der Waals surface area contributed by atoms with E-state index in [1.807, 2.05) is 32.9 Å². The normalized spacial score (nSPS) is 11.5. The Balaban J connectivity index is 2.12. The third kappa shape index (κ3) is 4.78. The summed E-state index contributed by atoms with van der Waals surface area (Å²) in [5.41, 5.74) is 3.98. The fraction of sp³-hybridized carbons (Fsp3) is 0.333. The van der Waals surface area contributed by atoms with E-state index in [2.05, 4.69) is 5.32 Å². The maximum atomic E-state index is 12.5. The first-order chi connectivity index (χ1) is 12.8. The van der Waals surface area contributed by atoms with Gasteiger partial charge in [-0.3, -0.25) is 4.79 Å². The third-order valence-electron chi connectivity index (χ3n) is 4.21. The first-order valence-electron chi connectivity index (χ1n) is 8.58. The molecule has 6 nitrogen and oxygen atoms in total. The summed E-state index contributed by atoms with van der Waals surface area (Å²) in [6.07, 6.45) is -0.968. The fourth-order valence-corrected chi connectivity index (χ4v) is 2.85. The van der Waals surface area contributed by atoms with Crippen molar-refractivity contribution in [2.45, 2.75) is 33.8 Å². The van der Waals surface area contributed by atoms with Crippen LogP contribution in [0.4, 0.5) is 5.69 Å². The number of benzene rings is 2. The summed E-state index contributed by atoms with van der Waals surface area (Å²) in [5, 5.41) is 2.84. The number of aryl methyl sites for hydroxylation is 3. The van der Waals surface area contributed by atoms with E-state index >= 15 is 0 Å². The summed E-state index contributed by atoms with van der Waals surface area (Å²) in [7, 11) is 2.97. The molecule has 6 heteroatoms. The molecule has 0 aliphatic rings. The summed E-state index contributed by atoms with van der Waals surface area (Å²) in [6, 6.07) is 8.73. The van der Waals surface area contributed by atoms with Gasteiger partial charge < -0.3 is 19.5 Å². The molecule has 144 valence electrons. The molecule has 1 N–H and O–H groups in total. The molecule has 0 heterocycles. The van der Waals surface area contributed by atoms with Gasteiger partial charge in [-0.1, -0.05) is 17.7 Å². The van der Waals surface area contributed by atoms with Crippen LogP contribution in [0.25, 0.3) is 0 Å². The van der Waals surface area contributed by atoms with Crippen molar-refractivity contribution < 1.29 is 23.8 Å². The second kappa shape index (κ2) is 8.58. The zero-order valence-corrected chi connectivity index (χ0v) is 16.5. The number of hydrogen-bond donors (Lipinski definition) is 1. The van der Waals surface area contributed by atoms with Gasteiger partial charge >= 0.3 is 5.97 Å². The first-order valence-corrected chi connectivity index (χ1v) is 8.58. The van der Waals surface area contributed by atoms with Crippen molar-refractivity contribution in [2.24, 2.45) is 0 Å². The summed E-state index contributed by atoms with van der Waals surface area (Å²) < 4.78 is 15.6. The van der Waals surface area contributed by atoms with Crippen LogP contribution in [0.2, 0.25) is 0 Å². The standard InChI is InChI=1S/C21H25NO5/c1-12-9-13(2)19(14(3)10-12)22-20(23)15(4)27-21(24)17-8-7-16(25-5)11-18(17)26-6/h7-11,15H,1-6H3,(H,22,23)/t15-/m1/s1. The lowest BCUT2D eigenvalue weighted by Gasteiger charge is -2.17. The van der Waals surface area contributed by atoms with Crippen molar-refractivity contribution in [2.75, 3.05) is 19.5 Å². The molecular weight excluding hydrogens is 346 g/mol. The minimum Gasteiger partial charge on any atom is -0.497 e. The highest BCUT2D eigenvalue weighted by Gasteiger charge is 2.22. The molecule has 0 unspecified atom stereocenters. The maximum Gasteiger partial charge on any atom is 0.342 e. The topological polar surface area (TPSA) is 73.9 Å². The number of amides is 1. The number of rotatable bonds is 6. The lowest BCUT2D eigenvalue weighted by molar-refractivity contribution is -0.123. The Kier molecular flexibility index (Phi) is 6.45. The molecule has 27 heavy (non-hydrogen) atoms. The molecule has 0 spiro atoms. The number of methoxy groups -OCH3 is 2. The lowest BCUT2D eigenvalue weighted by atomic mass is 10.0. The number of anilines is 1. The molecule has 2 aromatic carbocycles. The van der Waals surface area contributed by atoms with Gasteiger partial charge in [0, 0.05) is 11.8 Å². The van der Waals surface area contributed by atoms with E-state index < -0.39 is 18.0 Å². The van der Waals surface area contributed by atoms with Crippen LogP contribution in [0.3, 0.4) is 0 Å². The van der Waals surface area contributed by atoms with Gasteiger partial charge in [-0.25, -0.2) is 4.79 Å². The predicted molar refractivity (Wildman–Crippen MR) is 104 cm³/mol. The monoisotopic (exact) mass is 371 g/mol. The van der Waals surface area contributed by atoms with E-state index in [1.165, 1.54) is 21.1 Å². The number of nitrogens with one attached hydrogen (secondary N) is 1. The van der Waals surface area contributed by atoms with Gasteiger partial charge in [-0.15, -0.1) is 0 Å². The first kappa shape index (κ1) is 20.3. The minimum atomic E-state index is -0.968. The Labute approximate surface area is 159 Å². The summed E-state index contributed by atoms with van der Waals surface area (Å²) in [6.45, 7) is 7.38. The molecule has 0 fully saturated rings. The molecule has 0 saturated carbocycles. The quantitative estimate of drug-likeness (QED) is 0.782. The number of carbonyl (C=O) groups excluding carboxylic acids is 2. The van der Waals surface area contributed by atoms with Crippen molar-refractivity contribution in [3.8, 4) is 11.5 Å². The summed E-state index contributed by atoms with van der Waals surface area (Å²) in [4.78, 5) is 24.9. The third-order valence-corrected chi connectivity index (χ3v) is 4.21. The molecule has 2 aromatic rings. The van der Waals surface area contributed by atoms with E-state index in [0.717, 1.165) is 22.4 Å². The molecule has 0 aliphatic carbocycles. The number of ether oxygens (including phenoxy) is 3. The van der Waals surface area contributed by atoms with Crippen LogP contribution in [-0.4, -0.2) is 32.2 Å². The van der Waals surface area contributed by atoms with Gasteiger partial charge in [0.1, 0.15) is 17.1 Å². The zero-order chi connectivity index (χ0) is 20.1. The molecular formula is C21H25NO5. The SMILES string of the molecule is COc1ccc(C(=O)O[C@H](C)C(=O)Nc2c(C)cc(C)cc2C)c(OC)c1. The molecule has 0 radical (unpaired) electrons. The van der Waals surface area contributed by atoms with E-state index in [9.17, 15) is 9.59 Å². The molecule has 2 rings (SSSR count). The molecule has 1 atom stereocenters. The molecule has 0 bridgehead atoms. The van der Waals surface area contributed by atoms with Crippen LogP contribution >= 0.6 is 0 Å². The minimum absolute atomic E-state index is 0.223. The smallest absolute Gasteiger partial charge is 0.342 e. The van der Waals surface area contributed by atoms with Crippen LogP contribution < -0.4 is 14.8 Å². The number of hydrogen-bond acceptors (Lipinski definition) is 5. The van der Waals surface area contributed by atoms with E-state index in [4.69, 9.17) is 14.2 Å². The van der Waals surface area contributed by atoms with Crippen molar-refractivity contribution in [1.82, 2.24) is 0 Å². The molecule has 1 amide bonds. The number of esters is 1. The van der Waals surface area contributed by atoms with Gasteiger partial charge in [0.2, 0.25) is 0 Å². The van der Waals surface area contributed by atoms with Crippen LogP contribution in [0.15, 0.2) is 30.3 Å². The molecule has 0 saturated heterocycles. The largest absolute Gasteiger partial charge is 0.497 e. The molecule has 0 aliphatic heterocycles. The highest BCUT2D eigenvalue weighted by molar-refractivity contribution is 5.99. The van der Waals surface area contributed by atoms with Gasteiger partial charge in [0.05, 0.1) is 14.2 Å². The van der Waals surface area contributed by atoms with Crippen LogP contribution in [0.1, 0.15) is 34.0 Å². The highest BCUT2D eigenvalue weighted by atomic mass is 16.5. The predicted octanol–water partition coefficient (Wildman–Crippen LogP) is 3.81. The summed E-state index contributed by atoms with van der Waals surface area (Å²) in [5.74, 6) is -0.169. The van der Waals surface area contributed by atoms with Crippen molar-refractivity contribution >= 4 is 17.6 Å². The highest BCUT2D eigenvalue weighted by Crippen LogP contribution is 2.26. The van der Waals surface area contributed by atoms with Crippen LogP contribution in [0, 0.1) is 20.8 Å².